The van der Waals surface area contributed by atoms with Crippen LogP contribution >= 0.6 is 34.4 Å². The zero-order chi connectivity index (χ0) is 20.9. The van der Waals surface area contributed by atoms with E-state index < -0.39 is 0 Å². The van der Waals surface area contributed by atoms with Gasteiger partial charge in [0.25, 0.3) is 5.91 Å². The molecule has 1 aromatic carbocycles. The third-order valence-corrected chi connectivity index (χ3v) is 6.78. The first kappa shape index (κ1) is 21.4. The SMILES string of the molecule is CCSc1nc(N2CCCCC2)c2cnn(CCNC(=O)c3ccccc3I)c2n1. The summed E-state index contributed by atoms with van der Waals surface area (Å²) in [5.41, 5.74) is 1.53. The lowest BCUT2D eigenvalue weighted by Crippen LogP contribution is -2.30. The fourth-order valence-corrected chi connectivity index (χ4v) is 4.83. The molecule has 3 heterocycles. The van der Waals surface area contributed by atoms with E-state index in [4.69, 9.17) is 9.97 Å². The van der Waals surface area contributed by atoms with Crippen molar-refractivity contribution in [1.82, 2.24) is 25.1 Å². The predicted molar refractivity (Wildman–Crippen MR) is 129 cm³/mol. The Balaban J connectivity index is 1.53. The average Bonchev–Trinajstić information content (AvgIpc) is 3.17. The summed E-state index contributed by atoms with van der Waals surface area (Å²) in [7, 11) is 0. The van der Waals surface area contributed by atoms with Crippen molar-refractivity contribution in [2.24, 2.45) is 0 Å². The molecule has 0 bridgehead atoms. The number of fused-ring (bicyclic) bond motifs is 1. The van der Waals surface area contributed by atoms with Crippen LogP contribution in [-0.2, 0) is 6.54 Å². The summed E-state index contributed by atoms with van der Waals surface area (Å²) in [4.78, 5) is 24.4. The summed E-state index contributed by atoms with van der Waals surface area (Å²) in [6, 6.07) is 7.58. The number of halogens is 1. The lowest BCUT2D eigenvalue weighted by atomic mass is 10.1. The van der Waals surface area contributed by atoms with Crippen LogP contribution in [0.3, 0.4) is 0 Å². The van der Waals surface area contributed by atoms with Crippen molar-refractivity contribution in [3.8, 4) is 0 Å². The van der Waals surface area contributed by atoms with E-state index in [1.165, 1.54) is 19.3 Å². The molecule has 1 saturated heterocycles. The highest BCUT2D eigenvalue weighted by molar-refractivity contribution is 14.1. The zero-order valence-electron chi connectivity index (χ0n) is 17.0. The number of amides is 1. The van der Waals surface area contributed by atoms with E-state index in [1.807, 2.05) is 35.1 Å². The van der Waals surface area contributed by atoms with Crippen LogP contribution in [0.2, 0.25) is 0 Å². The molecule has 158 valence electrons. The second kappa shape index (κ2) is 9.95. The first-order valence-electron chi connectivity index (χ1n) is 10.3. The largest absolute Gasteiger partial charge is 0.356 e. The first-order valence-corrected chi connectivity index (χ1v) is 12.4. The third-order valence-electron chi connectivity index (χ3n) is 5.11. The Morgan fingerprint density at radius 1 is 1.20 bits per heavy atom. The molecule has 0 radical (unpaired) electrons. The van der Waals surface area contributed by atoms with Gasteiger partial charge in [-0.3, -0.25) is 4.79 Å². The minimum atomic E-state index is -0.0673. The number of nitrogens with one attached hydrogen (secondary N) is 1. The van der Waals surface area contributed by atoms with Gasteiger partial charge >= 0.3 is 0 Å². The second-order valence-corrected chi connectivity index (χ2v) is 9.54. The van der Waals surface area contributed by atoms with Crippen molar-refractivity contribution in [3.63, 3.8) is 0 Å². The quantitative estimate of drug-likeness (QED) is 0.280. The summed E-state index contributed by atoms with van der Waals surface area (Å²) < 4.78 is 2.82. The Morgan fingerprint density at radius 2 is 2.00 bits per heavy atom. The number of rotatable bonds is 7. The monoisotopic (exact) mass is 536 g/mol. The average molecular weight is 536 g/mol. The number of hydrogen-bond donors (Lipinski definition) is 1. The van der Waals surface area contributed by atoms with Crippen LogP contribution in [0.4, 0.5) is 5.82 Å². The topological polar surface area (TPSA) is 75.9 Å². The number of nitrogens with zero attached hydrogens (tertiary/aromatic N) is 5. The molecule has 0 spiro atoms. The van der Waals surface area contributed by atoms with Crippen LogP contribution < -0.4 is 10.2 Å². The molecule has 7 nitrogen and oxygen atoms in total. The van der Waals surface area contributed by atoms with E-state index in [-0.39, 0.29) is 5.91 Å². The molecule has 2 aromatic heterocycles. The van der Waals surface area contributed by atoms with Crippen molar-refractivity contribution >= 4 is 57.1 Å². The Labute approximate surface area is 194 Å². The maximum atomic E-state index is 12.5. The van der Waals surface area contributed by atoms with Gasteiger partial charge in [0.15, 0.2) is 10.8 Å². The molecule has 1 fully saturated rings. The Hall–Kier alpha value is -1.88. The summed E-state index contributed by atoms with van der Waals surface area (Å²) in [5.74, 6) is 1.84. The van der Waals surface area contributed by atoms with Crippen molar-refractivity contribution in [1.29, 1.82) is 0 Å². The second-order valence-electron chi connectivity index (χ2n) is 7.15. The van der Waals surface area contributed by atoms with E-state index >= 15 is 0 Å². The van der Waals surface area contributed by atoms with Crippen molar-refractivity contribution in [2.45, 2.75) is 37.9 Å². The maximum absolute atomic E-state index is 12.5. The van der Waals surface area contributed by atoms with Gasteiger partial charge in [0.2, 0.25) is 0 Å². The predicted octanol–water partition coefficient (Wildman–Crippen LogP) is 3.96. The normalized spacial score (nSPS) is 14.3. The number of thioether (sulfide) groups is 1. The fourth-order valence-electron chi connectivity index (χ4n) is 3.64. The molecule has 1 amide bonds. The molecule has 1 aliphatic rings. The maximum Gasteiger partial charge on any atom is 0.252 e. The molecule has 0 saturated carbocycles. The molecule has 1 N–H and O–H groups in total. The first-order chi connectivity index (χ1) is 14.7. The van der Waals surface area contributed by atoms with E-state index in [0.29, 0.717) is 18.7 Å². The van der Waals surface area contributed by atoms with Crippen molar-refractivity contribution < 1.29 is 4.79 Å². The van der Waals surface area contributed by atoms with Gasteiger partial charge < -0.3 is 10.2 Å². The van der Waals surface area contributed by atoms with Crippen LogP contribution in [0.5, 0.6) is 0 Å². The van der Waals surface area contributed by atoms with Gasteiger partial charge in [-0.2, -0.15) is 5.10 Å². The lowest BCUT2D eigenvalue weighted by Gasteiger charge is -2.28. The molecule has 4 rings (SSSR count). The Morgan fingerprint density at radius 3 is 2.77 bits per heavy atom. The van der Waals surface area contributed by atoms with Crippen molar-refractivity contribution in [2.75, 3.05) is 30.3 Å². The molecule has 9 heteroatoms. The van der Waals surface area contributed by atoms with Gasteiger partial charge in [-0.1, -0.05) is 30.8 Å². The summed E-state index contributed by atoms with van der Waals surface area (Å²) >= 11 is 3.83. The molecule has 1 aliphatic heterocycles. The lowest BCUT2D eigenvalue weighted by molar-refractivity contribution is 0.0951. The van der Waals surface area contributed by atoms with Crippen LogP contribution in [0, 0.1) is 3.57 Å². The van der Waals surface area contributed by atoms with Gasteiger partial charge in [-0.25, -0.2) is 14.6 Å². The minimum absolute atomic E-state index is 0.0673. The molecule has 0 aliphatic carbocycles. The number of aromatic nitrogens is 4. The van der Waals surface area contributed by atoms with Gasteiger partial charge in [-0.05, 0) is 59.7 Å². The summed E-state index contributed by atoms with van der Waals surface area (Å²) in [5, 5.41) is 9.34. The highest BCUT2D eigenvalue weighted by atomic mass is 127. The summed E-state index contributed by atoms with van der Waals surface area (Å²) in [6.45, 7) is 5.21. The van der Waals surface area contributed by atoms with E-state index in [0.717, 1.165) is 44.4 Å². The van der Waals surface area contributed by atoms with Crippen LogP contribution in [0.1, 0.15) is 36.5 Å². The Bertz CT molecular complexity index is 1030. The molecule has 3 aromatic rings. The van der Waals surface area contributed by atoms with Gasteiger partial charge in [0, 0.05) is 23.2 Å². The van der Waals surface area contributed by atoms with E-state index in [2.05, 4.69) is 44.8 Å². The fraction of sp³-hybridized carbons (Fsp3) is 0.429. The highest BCUT2D eigenvalue weighted by Crippen LogP contribution is 2.29. The number of carbonyl (C=O) groups is 1. The standard InChI is InChI=1S/C21H25IN6OS/c1-2-30-21-25-18(27-11-6-3-7-12-27)16-14-24-28(19(16)26-21)13-10-23-20(29)15-8-4-5-9-17(15)22/h4-5,8-9,14H,2-3,6-7,10-13H2,1H3,(H,23,29). The van der Waals surface area contributed by atoms with E-state index in [9.17, 15) is 4.79 Å². The van der Waals surface area contributed by atoms with Gasteiger partial charge in [0.05, 0.1) is 23.7 Å². The Kier molecular flexibility index (Phi) is 7.08. The number of anilines is 1. The molecule has 0 unspecified atom stereocenters. The zero-order valence-corrected chi connectivity index (χ0v) is 19.9. The molecule has 0 atom stereocenters. The smallest absolute Gasteiger partial charge is 0.252 e. The summed E-state index contributed by atoms with van der Waals surface area (Å²) in [6.07, 6.45) is 5.53. The molecular formula is C21H25IN6OS. The van der Waals surface area contributed by atoms with Crippen LogP contribution in [-0.4, -0.2) is 51.0 Å². The number of piperidine rings is 1. The molecule has 30 heavy (non-hydrogen) atoms. The third kappa shape index (κ3) is 4.72. The number of hydrogen-bond acceptors (Lipinski definition) is 6. The van der Waals surface area contributed by atoms with Crippen LogP contribution in [0.15, 0.2) is 35.6 Å². The number of benzene rings is 1. The van der Waals surface area contributed by atoms with Crippen molar-refractivity contribution in [3.05, 3.63) is 39.6 Å². The minimum Gasteiger partial charge on any atom is -0.356 e. The van der Waals surface area contributed by atoms with Gasteiger partial charge in [-0.15, -0.1) is 0 Å². The van der Waals surface area contributed by atoms with Crippen LogP contribution in [0.25, 0.3) is 11.0 Å². The highest BCUT2D eigenvalue weighted by Gasteiger charge is 2.20. The van der Waals surface area contributed by atoms with Gasteiger partial charge in [0.1, 0.15) is 5.82 Å². The van der Waals surface area contributed by atoms with E-state index in [1.54, 1.807) is 11.8 Å². The number of carbonyl (C=O) groups excluding carboxylic acids is 1. The molecular weight excluding hydrogens is 511 g/mol.